The number of hydrogen-bond acceptors (Lipinski definition) is 6. The lowest BCUT2D eigenvalue weighted by Gasteiger charge is -2.30. The Morgan fingerprint density at radius 2 is 0.813 bits per heavy atom. The van der Waals surface area contributed by atoms with Gasteiger partial charge in [0.25, 0.3) is 7.82 Å². The highest BCUT2D eigenvalue weighted by atomic mass is 31.2. The van der Waals surface area contributed by atoms with Crippen LogP contribution in [-0.4, -0.2) is 68.5 Å². The average molecular weight is 1070 g/mol. The summed E-state index contributed by atoms with van der Waals surface area (Å²) in [4.78, 5) is 25.5. The van der Waals surface area contributed by atoms with E-state index in [2.05, 4.69) is 104 Å². The van der Waals surface area contributed by atoms with Crippen molar-refractivity contribution >= 4 is 13.7 Å². The second-order valence-electron chi connectivity index (χ2n) is 22.4. The predicted octanol–water partition coefficient (Wildman–Crippen LogP) is 19.0. The van der Waals surface area contributed by atoms with Gasteiger partial charge in [-0.05, 0) is 70.6 Å². The molecule has 0 aliphatic carbocycles. The van der Waals surface area contributed by atoms with Crippen molar-refractivity contribution in [2.24, 2.45) is 0 Å². The Kier molecular flexibility index (Phi) is 54.7. The smallest absolute Gasteiger partial charge is 0.268 e. The van der Waals surface area contributed by atoms with Crippen LogP contribution >= 0.6 is 7.82 Å². The predicted molar refractivity (Wildman–Crippen MR) is 325 cm³/mol. The highest BCUT2D eigenvalue weighted by Gasteiger charge is 2.24. The maximum Gasteiger partial charge on any atom is 0.268 e. The molecule has 0 aromatic heterocycles. The van der Waals surface area contributed by atoms with Crippen molar-refractivity contribution in [3.63, 3.8) is 0 Å². The summed E-state index contributed by atoms with van der Waals surface area (Å²) in [5, 5.41) is 14.0. The van der Waals surface area contributed by atoms with Crippen molar-refractivity contribution in [2.75, 3.05) is 40.9 Å². The van der Waals surface area contributed by atoms with Crippen LogP contribution in [0.5, 0.6) is 0 Å². The van der Waals surface area contributed by atoms with Crippen molar-refractivity contribution in [3.8, 4) is 0 Å². The number of rotatable bonds is 57. The summed E-state index contributed by atoms with van der Waals surface area (Å²) in [5.41, 5.74) is 0. The summed E-state index contributed by atoms with van der Waals surface area (Å²) in [6.45, 7) is 4.62. The average Bonchev–Trinajstić information content (AvgIpc) is 3.37. The Morgan fingerprint density at radius 3 is 1.19 bits per heavy atom. The van der Waals surface area contributed by atoms with E-state index in [0.717, 1.165) is 83.5 Å². The Bertz CT molecular complexity index is 1500. The summed E-state index contributed by atoms with van der Waals surface area (Å²) in [5.74, 6) is -0.164. The lowest BCUT2D eigenvalue weighted by atomic mass is 10.0. The molecule has 0 rings (SSSR count). The van der Waals surface area contributed by atoms with Crippen LogP contribution in [0.25, 0.3) is 0 Å². The number of phosphoric ester groups is 1. The van der Waals surface area contributed by atoms with Gasteiger partial charge in [0.1, 0.15) is 13.2 Å². The van der Waals surface area contributed by atoms with Gasteiger partial charge in [0, 0.05) is 6.42 Å². The van der Waals surface area contributed by atoms with Crippen molar-refractivity contribution in [2.45, 2.75) is 289 Å². The van der Waals surface area contributed by atoms with Gasteiger partial charge in [-0.3, -0.25) is 9.36 Å². The zero-order chi connectivity index (χ0) is 54.9. The van der Waals surface area contributed by atoms with Crippen LogP contribution in [0.1, 0.15) is 277 Å². The van der Waals surface area contributed by atoms with Gasteiger partial charge in [-0.25, -0.2) is 0 Å². The van der Waals surface area contributed by atoms with Crippen LogP contribution in [0.2, 0.25) is 0 Å². The second kappa shape index (κ2) is 56.4. The summed E-state index contributed by atoms with van der Waals surface area (Å²) >= 11 is 0. The Morgan fingerprint density at radius 1 is 0.480 bits per heavy atom. The fraction of sp³-hybridized carbons (Fsp3) is 0.773. The van der Waals surface area contributed by atoms with Gasteiger partial charge >= 0.3 is 0 Å². The molecule has 1 amide bonds. The molecular weight excluding hydrogens is 948 g/mol. The first kappa shape index (κ1) is 72.7. The number of amides is 1. The molecule has 9 heteroatoms. The standard InChI is InChI=1S/C66H121N2O6P/c1-6-8-10-12-14-16-18-20-22-23-24-25-26-27-28-29-30-31-32-33-34-35-36-37-38-39-40-41-42-43-44-45-46-48-50-52-54-56-58-60-66(70)67-64(63-74-75(71,72)73-62-61-68(3,4)5)65(69)59-57-55-53-51-49-47-21-19-17-15-13-11-9-7-2/h8,10,14,16,20,22,24-25,27-28,30-31,33-34,64-65,69H,6-7,9,11-13,15,17-19,21,23,26,29,32,35-63H2,1-5H3,(H-,67,70,71,72)/b10-8-,16-14-,22-20-,25-24-,28-27-,31-30-,34-33-. The lowest BCUT2D eigenvalue weighted by Crippen LogP contribution is -2.46. The number of unbranched alkanes of at least 4 members (excludes halogenated alkanes) is 30. The van der Waals surface area contributed by atoms with E-state index in [1.54, 1.807) is 0 Å². The third-order valence-corrected chi connectivity index (χ3v) is 14.9. The lowest BCUT2D eigenvalue weighted by molar-refractivity contribution is -0.870. The molecule has 436 valence electrons. The minimum atomic E-state index is -4.57. The molecule has 0 aliphatic rings. The van der Waals surface area contributed by atoms with Crippen molar-refractivity contribution in [1.29, 1.82) is 0 Å². The van der Waals surface area contributed by atoms with Crippen LogP contribution < -0.4 is 10.2 Å². The zero-order valence-corrected chi connectivity index (χ0v) is 50.6. The molecule has 0 spiro atoms. The van der Waals surface area contributed by atoms with Crippen molar-refractivity contribution < 1.29 is 32.9 Å². The Hall–Kier alpha value is -2.32. The van der Waals surface area contributed by atoms with Crippen molar-refractivity contribution in [1.82, 2.24) is 5.32 Å². The summed E-state index contributed by atoms with van der Waals surface area (Å²) < 4.78 is 23.4. The monoisotopic (exact) mass is 1070 g/mol. The van der Waals surface area contributed by atoms with E-state index in [1.165, 1.54) is 167 Å². The van der Waals surface area contributed by atoms with Gasteiger partial charge in [0.05, 0.1) is 39.9 Å². The van der Waals surface area contributed by atoms with E-state index in [1.807, 2.05) is 21.1 Å². The minimum absolute atomic E-state index is 0.0112. The maximum atomic E-state index is 13.0. The molecule has 0 radical (unpaired) electrons. The molecule has 0 bridgehead atoms. The van der Waals surface area contributed by atoms with E-state index >= 15 is 0 Å². The number of carbonyl (C=O) groups is 1. The molecule has 0 fully saturated rings. The van der Waals surface area contributed by atoms with E-state index < -0.39 is 20.0 Å². The summed E-state index contributed by atoms with van der Waals surface area (Å²) in [7, 11) is 1.31. The topological polar surface area (TPSA) is 108 Å². The van der Waals surface area contributed by atoms with Gasteiger partial charge in [-0.1, -0.05) is 285 Å². The second-order valence-corrected chi connectivity index (χ2v) is 23.8. The number of nitrogens with one attached hydrogen (secondary N) is 1. The molecule has 0 saturated carbocycles. The number of hydrogen-bond donors (Lipinski definition) is 2. The van der Waals surface area contributed by atoms with Crippen LogP contribution in [0, 0.1) is 0 Å². The van der Waals surface area contributed by atoms with Gasteiger partial charge in [0.15, 0.2) is 0 Å². The molecule has 75 heavy (non-hydrogen) atoms. The zero-order valence-electron chi connectivity index (χ0n) is 49.7. The van der Waals surface area contributed by atoms with E-state index in [4.69, 9.17) is 9.05 Å². The van der Waals surface area contributed by atoms with Crippen molar-refractivity contribution in [3.05, 3.63) is 85.1 Å². The normalized spacial score (nSPS) is 14.4. The molecule has 0 aliphatic heterocycles. The van der Waals surface area contributed by atoms with Crippen LogP contribution in [0.3, 0.4) is 0 Å². The Labute approximate surface area is 465 Å². The molecule has 0 aromatic rings. The first-order valence-electron chi connectivity index (χ1n) is 31.4. The summed E-state index contributed by atoms with van der Waals surface area (Å²) in [6.07, 6.45) is 79.2. The number of aliphatic hydroxyl groups excluding tert-OH is 1. The fourth-order valence-corrected chi connectivity index (χ4v) is 9.75. The molecule has 8 nitrogen and oxygen atoms in total. The first-order chi connectivity index (χ1) is 36.5. The first-order valence-corrected chi connectivity index (χ1v) is 32.9. The third kappa shape index (κ3) is 59.2. The van der Waals surface area contributed by atoms with Crippen LogP contribution in [0.15, 0.2) is 85.1 Å². The van der Waals surface area contributed by atoms with Crippen LogP contribution in [0.4, 0.5) is 0 Å². The number of aliphatic hydroxyl groups is 1. The van der Waals surface area contributed by atoms with Gasteiger partial charge in [-0.15, -0.1) is 0 Å². The molecule has 0 aromatic carbocycles. The molecule has 2 N–H and O–H groups in total. The number of likely N-dealkylation sites (N-methyl/N-ethyl adjacent to an activating group) is 1. The van der Waals surface area contributed by atoms with Gasteiger partial charge in [0.2, 0.25) is 5.91 Å². The van der Waals surface area contributed by atoms with E-state index in [9.17, 15) is 19.4 Å². The number of carbonyl (C=O) groups excluding carboxylic acids is 1. The molecule has 0 saturated heterocycles. The van der Waals surface area contributed by atoms with Crippen LogP contribution in [-0.2, 0) is 18.4 Å². The number of phosphoric acid groups is 1. The number of nitrogens with zero attached hydrogens (tertiary/aromatic N) is 1. The number of quaternary nitrogens is 1. The molecule has 0 heterocycles. The molecular formula is C66H121N2O6P. The third-order valence-electron chi connectivity index (χ3n) is 13.9. The largest absolute Gasteiger partial charge is 0.756 e. The SMILES string of the molecule is CC/C=C\C/C=C\C/C=C\C/C=C\C/C=C\C/C=C\C/C=C\CCCCCCCCCCCCCCCCCCCC(=O)NC(COP(=O)([O-])OCC[N+](C)(C)C)C(O)CCCCCCCCCCCCCCCC. The molecule has 3 unspecified atom stereocenters. The fourth-order valence-electron chi connectivity index (χ4n) is 9.02. The van der Waals surface area contributed by atoms with Gasteiger partial charge < -0.3 is 28.8 Å². The highest BCUT2D eigenvalue weighted by molar-refractivity contribution is 7.45. The molecule has 3 atom stereocenters. The van der Waals surface area contributed by atoms with E-state index in [-0.39, 0.29) is 19.1 Å². The van der Waals surface area contributed by atoms with E-state index in [0.29, 0.717) is 23.9 Å². The number of allylic oxidation sites excluding steroid dienone is 14. The quantitative estimate of drug-likeness (QED) is 0.0272. The minimum Gasteiger partial charge on any atom is -0.756 e. The Balaban J connectivity index is 3.96. The summed E-state index contributed by atoms with van der Waals surface area (Å²) in [6, 6.07) is -0.802. The highest BCUT2D eigenvalue weighted by Crippen LogP contribution is 2.38. The van der Waals surface area contributed by atoms with Gasteiger partial charge in [-0.2, -0.15) is 0 Å². The maximum absolute atomic E-state index is 13.0.